The summed E-state index contributed by atoms with van der Waals surface area (Å²) in [6.07, 6.45) is 3.63. The third-order valence-corrected chi connectivity index (χ3v) is 2.03. The number of hydrogen-bond acceptors (Lipinski definition) is 2. The van der Waals surface area contributed by atoms with E-state index in [9.17, 15) is 9.18 Å². The van der Waals surface area contributed by atoms with Crippen LogP contribution < -0.4 is 0 Å². The lowest BCUT2D eigenvalue weighted by Gasteiger charge is -1.94. The molecule has 0 aliphatic heterocycles. The van der Waals surface area contributed by atoms with E-state index >= 15 is 0 Å². The summed E-state index contributed by atoms with van der Waals surface area (Å²) in [5, 5.41) is 8.30. The first-order valence-corrected chi connectivity index (χ1v) is 4.39. The maximum atomic E-state index is 12.9. The van der Waals surface area contributed by atoms with Crippen LogP contribution in [0.3, 0.4) is 0 Å². The van der Waals surface area contributed by atoms with E-state index in [0.717, 1.165) is 6.08 Å². The molecular weight excluding hydrogens is 288 g/mol. The number of aromatic nitrogens is 1. The molecule has 0 saturated heterocycles. The molecular formula is C8H5FINO2. The van der Waals surface area contributed by atoms with Crippen molar-refractivity contribution >= 4 is 34.6 Å². The largest absolute Gasteiger partial charge is 0.478 e. The predicted octanol–water partition coefficient (Wildman–Crippen LogP) is 1.92. The second kappa shape index (κ2) is 4.31. The summed E-state index contributed by atoms with van der Waals surface area (Å²) >= 11 is 1.76. The molecule has 0 aromatic carbocycles. The zero-order valence-corrected chi connectivity index (χ0v) is 8.53. The van der Waals surface area contributed by atoms with Gasteiger partial charge in [0.15, 0.2) is 5.82 Å². The van der Waals surface area contributed by atoms with Gasteiger partial charge in [-0.05, 0) is 40.3 Å². The van der Waals surface area contributed by atoms with Crippen LogP contribution in [0.2, 0.25) is 0 Å². The Bertz CT molecular complexity index is 365. The lowest BCUT2D eigenvalue weighted by Crippen LogP contribution is -1.89. The van der Waals surface area contributed by atoms with Crippen molar-refractivity contribution in [1.29, 1.82) is 0 Å². The van der Waals surface area contributed by atoms with Crippen LogP contribution in [0.4, 0.5) is 4.39 Å². The predicted molar refractivity (Wildman–Crippen MR) is 53.6 cm³/mol. The van der Waals surface area contributed by atoms with Crippen LogP contribution in [0.25, 0.3) is 6.08 Å². The van der Waals surface area contributed by atoms with E-state index in [1.807, 2.05) is 0 Å². The molecule has 0 radical (unpaired) electrons. The summed E-state index contributed by atoms with van der Waals surface area (Å²) in [6.45, 7) is 0. The van der Waals surface area contributed by atoms with Gasteiger partial charge in [0, 0.05) is 12.3 Å². The molecule has 0 aliphatic carbocycles. The number of pyridine rings is 1. The highest BCUT2D eigenvalue weighted by molar-refractivity contribution is 14.1. The highest BCUT2D eigenvalue weighted by atomic mass is 127. The Balaban J connectivity index is 2.92. The van der Waals surface area contributed by atoms with E-state index in [2.05, 4.69) is 4.98 Å². The van der Waals surface area contributed by atoms with E-state index in [1.54, 1.807) is 22.6 Å². The van der Waals surface area contributed by atoms with Gasteiger partial charge in [0.1, 0.15) is 3.70 Å². The van der Waals surface area contributed by atoms with Crippen molar-refractivity contribution in [2.24, 2.45) is 0 Å². The molecule has 68 valence electrons. The van der Waals surface area contributed by atoms with Gasteiger partial charge in [0.05, 0.1) is 0 Å². The van der Waals surface area contributed by atoms with E-state index in [1.165, 1.54) is 18.3 Å². The number of halogens is 2. The molecule has 0 bridgehead atoms. The van der Waals surface area contributed by atoms with Crippen LogP contribution in [-0.2, 0) is 4.79 Å². The first-order chi connectivity index (χ1) is 6.09. The maximum absolute atomic E-state index is 12.9. The molecule has 13 heavy (non-hydrogen) atoms. The van der Waals surface area contributed by atoms with Gasteiger partial charge in [-0.3, -0.25) is 0 Å². The minimum atomic E-state index is -1.07. The molecule has 1 N–H and O–H groups in total. The number of hydrogen-bond donors (Lipinski definition) is 1. The number of aliphatic carboxylic acids is 1. The number of rotatable bonds is 2. The summed E-state index contributed by atoms with van der Waals surface area (Å²) in [5.74, 6) is -1.52. The Morgan fingerprint density at radius 3 is 2.92 bits per heavy atom. The van der Waals surface area contributed by atoms with Crippen LogP contribution in [0.15, 0.2) is 18.3 Å². The summed E-state index contributed by atoms with van der Waals surface area (Å²) < 4.78 is 13.1. The molecule has 5 heteroatoms. The monoisotopic (exact) mass is 293 g/mol. The van der Waals surface area contributed by atoms with Gasteiger partial charge in [0.25, 0.3) is 0 Å². The Labute approximate surface area is 87.4 Å². The summed E-state index contributed by atoms with van der Waals surface area (Å²) in [7, 11) is 0. The number of nitrogens with zero attached hydrogens (tertiary/aromatic N) is 1. The number of carbonyl (C=O) groups is 1. The van der Waals surface area contributed by atoms with Gasteiger partial charge in [-0.2, -0.15) is 0 Å². The highest BCUT2D eigenvalue weighted by Gasteiger charge is 1.99. The molecule has 0 saturated carbocycles. The standard InChI is InChI=1S/C8H5FINO2/c9-6-3-5(1-2-7(12)13)4-11-8(6)10/h1-4H,(H,12,13)/b2-1+. The Morgan fingerprint density at radius 1 is 1.69 bits per heavy atom. The second-order valence-corrected chi connectivity index (χ2v) is 3.23. The van der Waals surface area contributed by atoms with Crippen LogP contribution in [0.1, 0.15) is 5.56 Å². The third kappa shape index (κ3) is 3.10. The second-order valence-electron chi connectivity index (χ2n) is 2.21. The average molecular weight is 293 g/mol. The first-order valence-electron chi connectivity index (χ1n) is 3.31. The smallest absolute Gasteiger partial charge is 0.328 e. The maximum Gasteiger partial charge on any atom is 0.328 e. The van der Waals surface area contributed by atoms with E-state index in [-0.39, 0.29) is 3.70 Å². The highest BCUT2D eigenvalue weighted by Crippen LogP contribution is 2.10. The fourth-order valence-corrected chi connectivity index (χ4v) is 0.990. The van der Waals surface area contributed by atoms with Crippen molar-refractivity contribution in [2.75, 3.05) is 0 Å². The summed E-state index contributed by atoms with van der Waals surface area (Å²) in [6, 6.07) is 1.23. The average Bonchev–Trinajstić information content (AvgIpc) is 2.07. The van der Waals surface area contributed by atoms with Crippen LogP contribution in [0, 0.1) is 9.52 Å². The van der Waals surface area contributed by atoms with E-state index < -0.39 is 11.8 Å². The fraction of sp³-hybridized carbons (Fsp3) is 0. The Morgan fingerprint density at radius 2 is 2.38 bits per heavy atom. The molecule has 0 amide bonds. The Hall–Kier alpha value is -0.980. The van der Waals surface area contributed by atoms with E-state index in [0.29, 0.717) is 5.56 Å². The molecule has 3 nitrogen and oxygen atoms in total. The van der Waals surface area contributed by atoms with Gasteiger partial charge in [0.2, 0.25) is 0 Å². The minimum Gasteiger partial charge on any atom is -0.478 e. The molecule has 1 heterocycles. The molecule has 1 rings (SSSR count). The van der Waals surface area contributed by atoms with Gasteiger partial charge >= 0.3 is 5.97 Å². The fourth-order valence-electron chi connectivity index (χ4n) is 0.695. The van der Waals surface area contributed by atoms with Crippen molar-refractivity contribution in [3.05, 3.63) is 33.4 Å². The molecule has 0 atom stereocenters. The summed E-state index contributed by atoms with van der Waals surface area (Å²) in [4.78, 5) is 13.8. The Kier molecular flexibility index (Phi) is 3.35. The molecule has 1 aromatic rings. The molecule has 0 spiro atoms. The van der Waals surface area contributed by atoms with Crippen LogP contribution in [-0.4, -0.2) is 16.1 Å². The quantitative estimate of drug-likeness (QED) is 0.515. The van der Waals surface area contributed by atoms with Crippen molar-refractivity contribution in [2.45, 2.75) is 0 Å². The molecule has 0 unspecified atom stereocenters. The lowest BCUT2D eigenvalue weighted by molar-refractivity contribution is -0.131. The van der Waals surface area contributed by atoms with Crippen LogP contribution >= 0.6 is 22.6 Å². The van der Waals surface area contributed by atoms with Gasteiger partial charge in [-0.15, -0.1) is 0 Å². The van der Waals surface area contributed by atoms with Crippen molar-refractivity contribution in [3.8, 4) is 0 Å². The lowest BCUT2D eigenvalue weighted by atomic mass is 10.2. The normalized spacial score (nSPS) is 10.6. The molecule has 0 fully saturated rings. The van der Waals surface area contributed by atoms with Gasteiger partial charge < -0.3 is 5.11 Å². The van der Waals surface area contributed by atoms with Crippen molar-refractivity contribution in [3.63, 3.8) is 0 Å². The number of carboxylic acid groups (broad SMARTS) is 1. The van der Waals surface area contributed by atoms with Gasteiger partial charge in [-0.25, -0.2) is 14.2 Å². The SMILES string of the molecule is O=C(O)/C=C/c1cnc(I)c(F)c1. The van der Waals surface area contributed by atoms with Crippen molar-refractivity contribution < 1.29 is 14.3 Å². The zero-order valence-electron chi connectivity index (χ0n) is 6.37. The van der Waals surface area contributed by atoms with Gasteiger partial charge in [-0.1, -0.05) is 0 Å². The number of carboxylic acids is 1. The van der Waals surface area contributed by atoms with Crippen molar-refractivity contribution in [1.82, 2.24) is 4.98 Å². The molecule has 0 aliphatic rings. The third-order valence-electron chi connectivity index (χ3n) is 1.24. The minimum absolute atomic E-state index is 0.269. The first kappa shape index (κ1) is 10.1. The van der Waals surface area contributed by atoms with E-state index in [4.69, 9.17) is 5.11 Å². The zero-order chi connectivity index (χ0) is 9.84. The molecule has 1 aromatic heterocycles. The summed E-state index contributed by atoms with van der Waals surface area (Å²) in [5.41, 5.74) is 0.431. The van der Waals surface area contributed by atoms with Crippen LogP contribution in [0.5, 0.6) is 0 Å². The topological polar surface area (TPSA) is 50.2 Å².